The Morgan fingerprint density at radius 3 is 2.56 bits per heavy atom. The van der Waals surface area contributed by atoms with Crippen molar-refractivity contribution >= 4 is 21.6 Å². The number of rotatable bonds is 2. The van der Waals surface area contributed by atoms with Crippen molar-refractivity contribution in [3.63, 3.8) is 0 Å². The lowest BCUT2D eigenvalue weighted by Gasteiger charge is -2.02. The monoisotopic (exact) mass is 302 g/mol. The fourth-order valence-corrected chi connectivity index (χ4v) is 2.19. The van der Waals surface area contributed by atoms with Gasteiger partial charge in [-0.3, -0.25) is 4.40 Å². The summed E-state index contributed by atoms with van der Waals surface area (Å²) in [7, 11) is 0. The summed E-state index contributed by atoms with van der Waals surface area (Å²) in [6, 6.07) is 11.9. The molecule has 1 aromatic carbocycles. The third-order valence-corrected chi connectivity index (χ3v) is 3.28. The largest absolute Gasteiger partial charge is 0.326 e. The van der Waals surface area contributed by atoms with E-state index in [0.29, 0.717) is 6.54 Å². The van der Waals surface area contributed by atoms with Gasteiger partial charge in [-0.2, -0.15) is 0 Å². The normalized spacial score (nSPS) is 11.0. The predicted molar refractivity (Wildman–Crippen MR) is 74.0 cm³/mol. The number of aromatic nitrogens is 3. The molecule has 3 rings (SSSR count). The second-order valence-corrected chi connectivity index (χ2v) is 4.92. The number of halogens is 1. The van der Waals surface area contributed by atoms with Crippen LogP contribution >= 0.6 is 15.9 Å². The summed E-state index contributed by atoms with van der Waals surface area (Å²) >= 11 is 3.45. The maximum absolute atomic E-state index is 5.59. The van der Waals surface area contributed by atoms with Crippen molar-refractivity contribution in [2.24, 2.45) is 5.73 Å². The Hall–Kier alpha value is -1.72. The maximum Gasteiger partial charge on any atom is 0.168 e. The molecule has 0 bridgehead atoms. The van der Waals surface area contributed by atoms with Crippen LogP contribution in [0.5, 0.6) is 0 Å². The Balaban J connectivity index is 2.15. The van der Waals surface area contributed by atoms with Gasteiger partial charge in [-0.1, -0.05) is 24.3 Å². The summed E-state index contributed by atoms with van der Waals surface area (Å²) < 4.78 is 2.95. The first-order chi connectivity index (χ1) is 8.78. The lowest BCUT2D eigenvalue weighted by Crippen LogP contribution is -1.96. The van der Waals surface area contributed by atoms with Gasteiger partial charge >= 0.3 is 0 Å². The second-order valence-electron chi connectivity index (χ2n) is 4.00. The molecule has 0 atom stereocenters. The predicted octanol–water partition coefficient (Wildman–Crippen LogP) is 2.62. The average molecular weight is 303 g/mol. The van der Waals surface area contributed by atoms with Gasteiger partial charge < -0.3 is 5.73 Å². The zero-order valence-corrected chi connectivity index (χ0v) is 11.1. The topological polar surface area (TPSA) is 56.2 Å². The number of hydrogen-bond acceptors (Lipinski definition) is 3. The zero-order chi connectivity index (χ0) is 12.5. The molecule has 0 saturated heterocycles. The standard InChI is InChI=1S/C13H11BrN4/c14-11-5-6-12-16-17-13(18(12)8-11)10-3-1-9(7-15)2-4-10/h1-6,8H,7,15H2. The molecule has 0 fully saturated rings. The highest BCUT2D eigenvalue weighted by atomic mass is 79.9. The van der Waals surface area contributed by atoms with Crippen molar-refractivity contribution in [3.8, 4) is 11.4 Å². The van der Waals surface area contributed by atoms with Gasteiger partial charge in [0, 0.05) is 22.8 Å². The molecule has 90 valence electrons. The van der Waals surface area contributed by atoms with Gasteiger partial charge in [0.1, 0.15) is 0 Å². The molecule has 0 amide bonds. The van der Waals surface area contributed by atoms with E-state index in [0.717, 1.165) is 27.1 Å². The number of pyridine rings is 1. The molecule has 0 radical (unpaired) electrons. The molecular weight excluding hydrogens is 292 g/mol. The number of hydrogen-bond donors (Lipinski definition) is 1. The molecule has 2 heterocycles. The Morgan fingerprint density at radius 1 is 1.06 bits per heavy atom. The van der Waals surface area contributed by atoms with E-state index in [9.17, 15) is 0 Å². The Bertz CT molecular complexity index is 688. The molecule has 2 aromatic heterocycles. The van der Waals surface area contributed by atoms with Crippen LogP contribution < -0.4 is 5.73 Å². The zero-order valence-electron chi connectivity index (χ0n) is 9.55. The van der Waals surface area contributed by atoms with Crippen LogP contribution in [-0.4, -0.2) is 14.6 Å². The van der Waals surface area contributed by atoms with E-state index in [1.165, 1.54) is 0 Å². The minimum absolute atomic E-state index is 0.548. The number of benzene rings is 1. The minimum atomic E-state index is 0.548. The molecule has 0 unspecified atom stereocenters. The number of fused-ring (bicyclic) bond motifs is 1. The van der Waals surface area contributed by atoms with E-state index in [2.05, 4.69) is 26.1 Å². The van der Waals surface area contributed by atoms with E-state index in [-0.39, 0.29) is 0 Å². The molecule has 0 aliphatic carbocycles. The van der Waals surface area contributed by atoms with E-state index in [1.807, 2.05) is 47.0 Å². The number of nitrogens with zero attached hydrogens (tertiary/aromatic N) is 3. The van der Waals surface area contributed by atoms with Crippen LogP contribution in [0, 0.1) is 0 Å². The van der Waals surface area contributed by atoms with Gasteiger partial charge in [0.2, 0.25) is 0 Å². The van der Waals surface area contributed by atoms with Crippen LogP contribution in [0.1, 0.15) is 5.56 Å². The van der Waals surface area contributed by atoms with E-state index in [4.69, 9.17) is 5.73 Å². The summed E-state index contributed by atoms with van der Waals surface area (Å²) in [6.07, 6.45) is 1.96. The molecule has 2 N–H and O–H groups in total. The lowest BCUT2D eigenvalue weighted by atomic mass is 10.1. The van der Waals surface area contributed by atoms with Crippen LogP contribution in [0.2, 0.25) is 0 Å². The maximum atomic E-state index is 5.59. The smallest absolute Gasteiger partial charge is 0.168 e. The van der Waals surface area contributed by atoms with Crippen molar-refractivity contribution < 1.29 is 0 Å². The molecular formula is C13H11BrN4. The van der Waals surface area contributed by atoms with Crippen LogP contribution in [-0.2, 0) is 6.54 Å². The molecule has 5 heteroatoms. The van der Waals surface area contributed by atoms with Crippen LogP contribution in [0.25, 0.3) is 17.0 Å². The summed E-state index contributed by atoms with van der Waals surface area (Å²) in [5.74, 6) is 0.829. The molecule has 18 heavy (non-hydrogen) atoms. The van der Waals surface area contributed by atoms with Crippen LogP contribution in [0.3, 0.4) is 0 Å². The molecule has 3 aromatic rings. The lowest BCUT2D eigenvalue weighted by molar-refractivity contribution is 1.07. The van der Waals surface area contributed by atoms with Crippen LogP contribution in [0.4, 0.5) is 0 Å². The third kappa shape index (κ3) is 1.91. The van der Waals surface area contributed by atoms with Crippen molar-refractivity contribution in [2.45, 2.75) is 6.54 Å². The Labute approximate surface area is 113 Å². The fraction of sp³-hybridized carbons (Fsp3) is 0.0769. The summed E-state index contributed by atoms with van der Waals surface area (Å²) in [5.41, 5.74) is 8.55. The summed E-state index contributed by atoms with van der Waals surface area (Å²) in [4.78, 5) is 0. The molecule has 0 aliphatic rings. The molecule has 4 nitrogen and oxygen atoms in total. The Morgan fingerprint density at radius 2 is 1.83 bits per heavy atom. The minimum Gasteiger partial charge on any atom is -0.326 e. The van der Waals surface area contributed by atoms with Crippen LogP contribution in [0.15, 0.2) is 47.1 Å². The summed E-state index contributed by atoms with van der Waals surface area (Å²) in [5, 5.41) is 8.37. The van der Waals surface area contributed by atoms with Gasteiger partial charge in [-0.05, 0) is 33.6 Å². The van der Waals surface area contributed by atoms with Gasteiger partial charge in [0.05, 0.1) is 0 Å². The summed E-state index contributed by atoms with van der Waals surface area (Å²) in [6.45, 7) is 0.548. The highest BCUT2D eigenvalue weighted by Gasteiger charge is 2.07. The SMILES string of the molecule is NCc1ccc(-c2nnc3ccc(Br)cn23)cc1. The molecule has 0 saturated carbocycles. The second kappa shape index (κ2) is 4.51. The first-order valence-electron chi connectivity index (χ1n) is 5.57. The Kier molecular flexibility index (Phi) is 2.85. The van der Waals surface area contributed by atoms with Crippen molar-refractivity contribution in [1.29, 1.82) is 0 Å². The fourth-order valence-electron chi connectivity index (χ4n) is 1.85. The third-order valence-electron chi connectivity index (χ3n) is 2.81. The highest BCUT2D eigenvalue weighted by molar-refractivity contribution is 9.10. The van der Waals surface area contributed by atoms with E-state index >= 15 is 0 Å². The highest BCUT2D eigenvalue weighted by Crippen LogP contribution is 2.20. The van der Waals surface area contributed by atoms with E-state index < -0.39 is 0 Å². The first-order valence-corrected chi connectivity index (χ1v) is 6.37. The van der Waals surface area contributed by atoms with Gasteiger partial charge in [0.25, 0.3) is 0 Å². The average Bonchev–Trinajstić information content (AvgIpc) is 2.82. The first kappa shape index (κ1) is 11.4. The van der Waals surface area contributed by atoms with Crippen molar-refractivity contribution in [2.75, 3.05) is 0 Å². The van der Waals surface area contributed by atoms with Gasteiger partial charge in [0.15, 0.2) is 11.5 Å². The van der Waals surface area contributed by atoms with E-state index in [1.54, 1.807) is 0 Å². The molecule has 0 aliphatic heterocycles. The molecule has 0 spiro atoms. The quantitative estimate of drug-likeness (QED) is 0.792. The van der Waals surface area contributed by atoms with Gasteiger partial charge in [-0.15, -0.1) is 10.2 Å². The van der Waals surface area contributed by atoms with Crippen molar-refractivity contribution in [1.82, 2.24) is 14.6 Å². The van der Waals surface area contributed by atoms with Gasteiger partial charge in [-0.25, -0.2) is 0 Å². The number of nitrogens with two attached hydrogens (primary N) is 1. The van der Waals surface area contributed by atoms with Crippen molar-refractivity contribution in [3.05, 3.63) is 52.6 Å².